The molecule has 124 valence electrons. The van der Waals surface area contributed by atoms with Crippen LogP contribution >= 0.6 is 0 Å². The number of ether oxygens (including phenoxy) is 1. The highest BCUT2D eigenvalue weighted by Crippen LogP contribution is 2.14. The Bertz CT molecular complexity index is 565. The van der Waals surface area contributed by atoms with Gasteiger partial charge in [-0.05, 0) is 43.7 Å². The van der Waals surface area contributed by atoms with Gasteiger partial charge in [0.1, 0.15) is 5.75 Å². The maximum atomic E-state index is 11.9. The van der Waals surface area contributed by atoms with Crippen molar-refractivity contribution in [1.29, 1.82) is 0 Å². The molecule has 23 heavy (non-hydrogen) atoms. The molecule has 1 aromatic rings. The number of carbonyl (C=O) groups excluding carboxylic acids is 2. The van der Waals surface area contributed by atoms with Gasteiger partial charge in [0.2, 0.25) is 11.8 Å². The Morgan fingerprint density at radius 1 is 1.39 bits per heavy atom. The summed E-state index contributed by atoms with van der Waals surface area (Å²) in [6, 6.07) is 6.86. The Hall–Kier alpha value is -2.34. The number of rotatable bonds is 7. The van der Waals surface area contributed by atoms with Gasteiger partial charge in [0.05, 0.1) is 13.2 Å². The lowest BCUT2D eigenvalue weighted by atomic mass is 10.1. The van der Waals surface area contributed by atoms with E-state index in [1.54, 1.807) is 37.5 Å². The lowest BCUT2D eigenvalue weighted by Gasteiger charge is -2.27. The summed E-state index contributed by atoms with van der Waals surface area (Å²) < 4.78 is 5.07. The van der Waals surface area contributed by atoms with Crippen LogP contribution in [0.3, 0.4) is 0 Å². The van der Waals surface area contributed by atoms with E-state index in [-0.39, 0.29) is 23.9 Å². The quantitative estimate of drug-likeness (QED) is 0.665. The first kappa shape index (κ1) is 17.0. The Kier molecular flexibility index (Phi) is 6.17. The topological polar surface area (TPSA) is 79.5 Å². The van der Waals surface area contributed by atoms with E-state index in [1.165, 1.54) is 6.08 Å². The first-order chi connectivity index (χ1) is 11.1. The van der Waals surface area contributed by atoms with Crippen molar-refractivity contribution < 1.29 is 14.3 Å². The SMILES string of the molecule is CCC(C=CC(=O)Nc1ccc(OC)cc1)NC(=O)C1CCN1. The number of nitrogens with one attached hydrogen (secondary N) is 3. The molecular weight excluding hydrogens is 294 g/mol. The molecule has 1 fully saturated rings. The zero-order valence-corrected chi connectivity index (χ0v) is 13.5. The molecule has 0 aliphatic carbocycles. The van der Waals surface area contributed by atoms with Crippen molar-refractivity contribution in [1.82, 2.24) is 10.6 Å². The minimum atomic E-state index is -0.232. The number of carbonyl (C=O) groups is 2. The molecule has 6 nitrogen and oxygen atoms in total. The lowest BCUT2D eigenvalue weighted by molar-refractivity contribution is -0.125. The fourth-order valence-electron chi connectivity index (χ4n) is 2.14. The van der Waals surface area contributed by atoms with Gasteiger partial charge in [0, 0.05) is 17.8 Å². The Morgan fingerprint density at radius 2 is 2.09 bits per heavy atom. The second-order valence-corrected chi connectivity index (χ2v) is 5.40. The third-order valence-corrected chi connectivity index (χ3v) is 3.75. The van der Waals surface area contributed by atoms with Gasteiger partial charge in [-0.2, -0.15) is 0 Å². The molecule has 0 spiro atoms. The summed E-state index contributed by atoms with van der Waals surface area (Å²) in [4.78, 5) is 23.8. The van der Waals surface area contributed by atoms with Crippen LogP contribution in [0.5, 0.6) is 5.75 Å². The Morgan fingerprint density at radius 3 is 2.61 bits per heavy atom. The molecule has 1 aliphatic heterocycles. The van der Waals surface area contributed by atoms with Crippen LogP contribution in [0.15, 0.2) is 36.4 Å². The first-order valence-electron chi connectivity index (χ1n) is 7.79. The highest BCUT2D eigenvalue weighted by atomic mass is 16.5. The van der Waals surface area contributed by atoms with E-state index in [9.17, 15) is 9.59 Å². The smallest absolute Gasteiger partial charge is 0.248 e. The van der Waals surface area contributed by atoms with Gasteiger partial charge in [-0.3, -0.25) is 9.59 Å². The number of hydrogen-bond acceptors (Lipinski definition) is 4. The molecule has 2 atom stereocenters. The average molecular weight is 317 g/mol. The molecule has 0 radical (unpaired) electrons. The fraction of sp³-hybridized carbons (Fsp3) is 0.412. The number of hydrogen-bond donors (Lipinski definition) is 3. The van der Waals surface area contributed by atoms with Gasteiger partial charge in [-0.25, -0.2) is 0 Å². The van der Waals surface area contributed by atoms with E-state index in [4.69, 9.17) is 4.74 Å². The van der Waals surface area contributed by atoms with E-state index >= 15 is 0 Å². The third-order valence-electron chi connectivity index (χ3n) is 3.75. The molecule has 2 amide bonds. The van der Waals surface area contributed by atoms with E-state index in [2.05, 4.69) is 16.0 Å². The molecule has 0 aromatic heterocycles. The maximum Gasteiger partial charge on any atom is 0.248 e. The number of anilines is 1. The Labute approximate surface area is 136 Å². The zero-order chi connectivity index (χ0) is 16.7. The fourth-order valence-corrected chi connectivity index (χ4v) is 2.14. The van der Waals surface area contributed by atoms with Crippen molar-refractivity contribution in [2.75, 3.05) is 19.0 Å². The second kappa shape index (κ2) is 8.33. The molecule has 1 saturated heterocycles. The second-order valence-electron chi connectivity index (χ2n) is 5.40. The highest BCUT2D eigenvalue weighted by molar-refractivity contribution is 5.99. The molecule has 0 bridgehead atoms. The van der Waals surface area contributed by atoms with Crippen molar-refractivity contribution in [2.45, 2.75) is 31.8 Å². The number of benzene rings is 1. The van der Waals surface area contributed by atoms with E-state index in [0.717, 1.165) is 25.1 Å². The Balaban J connectivity index is 1.83. The van der Waals surface area contributed by atoms with Crippen LogP contribution in [-0.2, 0) is 9.59 Å². The van der Waals surface area contributed by atoms with Crippen LogP contribution in [-0.4, -0.2) is 37.6 Å². The normalized spacial score (nSPS) is 18.1. The molecule has 0 saturated carbocycles. The molecule has 3 N–H and O–H groups in total. The van der Waals surface area contributed by atoms with Crippen molar-refractivity contribution >= 4 is 17.5 Å². The molecule has 1 aromatic carbocycles. The predicted molar refractivity (Wildman–Crippen MR) is 89.4 cm³/mol. The maximum absolute atomic E-state index is 11.9. The van der Waals surface area contributed by atoms with E-state index in [1.807, 2.05) is 6.92 Å². The van der Waals surface area contributed by atoms with Gasteiger partial charge >= 0.3 is 0 Å². The van der Waals surface area contributed by atoms with Crippen molar-refractivity contribution in [2.24, 2.45) is 0 Å². The van der Waals surface area contributed by atoms with Crippen LogP contribution in [0.1, 0.15) is 19.8 Å². The monoisotopic (exact) mass is 317 g/mol. The molecule has 1 heterocycles. The van der Waals surface area contributed by atoms with Gasteiger partial charge in [-0.15, -0.1) is 0 Å². The van der Waals surface area contributed by atoms with Gasteiger partial charge < -0.3 is 20.7 Å². The summed E-state index contributed by atoms with van der Waals surface area (Å²) in [7, 11) is 1.59. The van der Waals surface area contributed by atoms with Crippen molar-refractivity contribution in [3.63, 3.8) is 0 Å². The summed E-state index contributed by atoms with van der Waals surface area (Å²) in [5, 5.41) is 8.74. The molecule has 1 aliphatic rings. The third kappa shape index (κ3) is 5.10. The minimum absolute atomic E-state index is 0.0108. The van der Waals surface area contributed by atoms with Crippen LogP contribution in [0.2, 0.25) is 0 Å². The summed E-state index contributed by atoms with van der Waals surface area (Å²) in [6.45, 7) is 2.85. The number of methoxy groups -OCH3 is 1. The van der Waals surface area contributed by atoms with Gasteiger partial charge in [0.15, 0.2) is 0 Å². The van der Waals surface area contributed by atoms with Crippen LogP contribution in [0.25, 0.3) is 0 Å². The van der Waals surface area contributed by atoms with Gasteiger partial charge in [-0.1, -0.05) is 13.0 Å². The van der Waals surface area contributed by atoms with E-state index in [0.29, 0.717) is 5.69 Å². The summed E-state index contributed by atoms with van der Waals surface area (Å²) in [5.74, 6) is 0.491. The largest absolute Gasteiger partial charge is 0.497 e. The lowest BCUT2D eigenvalue weighted by Crippen LogP contribution is -2.54. The summed E-state index contributed by atoms with van der Waals surface area (Å²) >= 11 is 0. The summed E-state index contributed by atoms with van der Waals surface area (Å²) in [6.07, 6.45) is 4.76. The van der Waals surface area contributed by atoms with Crippen molar-refractivity contribution in [3.8, 4) is 5.75 Å². The van der Waals surface area contributed by atoms with Crippen LogP contribution < -0.4 is 20.7 Å². The molecular formula is C17H23N3O3. The standard InChI is InChI=1S/C17H23N3O3/c1-3-12(20-17(22)15-10-11-18-15)6-9-16(21)19-13-4-7-14(23-2)8-5-13/h4-9,12,15,18H,3,10-11H2,1-2H3,(H,19,21)(H,20,22). The van der Waals surface area contributed by atoms with Crippen LogP contribution in [0.4, 0.5) is 5.69 Å². The zero-order valence-electron chi connectivity index (χ0n) is 13.5. The highest BCUT2D eigenvalue weighted by Gasteiger charge is 2.25. The molecule has 2 rings (SSSR count). The van der Waals surface area contributed by atoms with E-state index < -0.39 is 0 Å². The van der Waals surface area contributed by atoms with Crippen LogP contribution in [0, 0.1) is 0 Å². The first-order valence-corrected chi connectivity index (χ1v) is 7.79. The molecule has 6 heteroatoms. The summed E-state index contributed by atoms with van der Waals surface area (Å²) in [5.41, 5.74) is 0.691. The predicted octanol–water partition coefficient (Wildman–Crippen LogP) is 1.45. The average Bonchev–Trinajstić information content (AvgIpc) is 2.50. The van der Waals surface area contributed by atoms with Crippen molar-refractivity contribution in [3.05, 3.63) is 36.4 Å². The molecule has 2 unspecified atom stereocenters. The van der Waals surface area contributed by atoms with Gasteiger partial charge in [0.25, 0.3) is 0 Å². The number of amides is 2. The minimum Gasteiger partial charge on any atom is -0.497 e.